The van der Waals surface area contributed by atoms with Gasteiger partial charge < -0.3 is 4.90 Å². The van der Waals surface area contributed by atoms with Crippen LogP contribution in [0.25, 0.3) is 0 Å². The SMILES string of the molecule is CC(=O)NSc1cc(C(=O)N2CCCCC2)ccn1. The maximum Gasteiger partial charge on any atom is 0.254 e. The van der Waals surface area contributed by atoms with E-state index in [2.05, 4.69) is 9.71 Å². The highest BCUT2D eigenvalue weighted by Crippen LogP contribution is 2.16. The maximum atomic E-state index is 12.3. The number of hydrogen-bond donors (Lipinski definition) is 1. The Labute approximate surface area is 116 Å². The van der Waals surface area contributed by atoms with Gasteiger partial charge in [-0.05, 0) is 31.4 Å². The first-order valence-corrected chi connectivity index (χ1v) is 7.17. The standard InChI is InChI=1S/C13H17N3O2S/c1-10(17)15-19-12-9-11(5-6-14-12)13(18)16-7-3-2-4-8-16/h5-6,9H,2-4,7-8H2,1H3,(H,15,17). The van der Waals surface area contributed by atoms with Crippen molar-refractivity contribution in [1.29, 1.82) is 0 Å². The Kier molecular flexibility index (Phi) is 4.79. The zero-order chi connectivity index (χ0) is 13.7. The summed E-state index contributed by atoms with van der Waals surface area (Å²) in [4.78, 5) is 29.1. The van der Waals surface area contributed by atoms with Crippen molar-refractivity contribution in [2.75, 3.05) is 13.1 Å². The van der Waals surface area contributed by atoms with Gasteiger partial charge in [-0.15, -0.1) is 0 Å². The smallest absolute Gasteiger partial charge is 0.254 e. The molecule has 0 saturated carbocycles. The molecule has 0 bridgehead atoms. The van der Waals surface area contributed by atoms with E-state index >= 15 is 0 Å². The number of nitrogens with one attached hydrogen (secondary N) is 1. The summed E-state index contributed by atoms with van der Waals surface area (Å²) in [5, 5.41) is 0.623. The summed E-state index contributed by atoms with van der Waals surface area (Å²) in [5.74, 6) is -0.0914. The van der Waals surface area contributed by atoms with Crippen LogP contribution in [0.2, 0.25) is 0 Å². The molecule has 2 amide bonds. The minimum absolute atomic E-state index is 0.0479. The lowest BCUT2D eigenvalue weighted by molar-refractivity contribution is -0.117. The molecule has 0 aliphatic carbocycles. The van der Waals surface area contributed by atoms with Crippen molar-refractivity contribution in [3.63, 3.8) is 0 Å². The topological polar surface area (TPSA) is 62.3 Å². The van der Waals surface area contributed by atoms with E-state index in [1.165, 1.54) is 13.3 Å². The van der Waals surface area contributed by atoms with Crippen LogP contribution in [0.1, 0.15) is 36.5 Å². The number of likely N-dealkylation sites (tertiary alicyclic amines) is 1. The molecule has 0 atom stereocenters. The summed E-state index contributed by atoms with van der Waals surface area (Å²) < 4.78 is 2.60. The number of pyridine rings is 1. The Morgan fingerprint density at radius 3 is 2.74 bits per heavy atom. The minimum Gasteiger partial charge on any atom is -0.339 e. The zero-order valence-electron chi connectivity index (χ0n) is 10.9. The number of aromatic nitrogens is 1. The second-order valence-corrected chi connectivity index (χ2v) is 5.32. The fourth-order valence-corrected chi connectivity index (χ4v) is 2.55. The van der Waals surface area contributed by atoms with Crippen LogP contribution in [0, 0.1) is 0 Å². The summed E-state index contributed by atoms with van der Waals surface area (Å²) in [7, 11) is 0. The first kappa shape index (κ1) is 13.9. The highest BCUT2D eigenvalue weighted by atomic mass is 32.2. The Morgan fingerprint density at radius 2 is 2.05 bits per heavy atom. The second kappa shape index (κ2) is 6.56. The number of carbonyl (C=O) groups excluding carboxylic acids is 2. The lowest BCUT2D eigenvalue weighted by Crippen LogP contribution is -2.35. The molecule has 1 N–H and O–H groups in total. The highest BCUT2D eigenvalue weighted by Gasteiger charge is 2.18. The molecular formula is C13H17N3O2S. The number of rotatable bonds is 3. The average molecular weight is 279 g/mol. The van der Waals surface area contributed by atoms with Crippen molar-refractivity contribution in [1.82, 2.24) is 14.6 Å². The molecule has 1 aliphatic heterocycles. The molecule has 19 heavy (non-hydrogen) atoms. The van der Waals surface area contributed by atoms with Crippen LogP contribution in [0.5, 0.6) is 0 Å². The normalized spacial score (nSPS) is 15.1. The second-order valence-electron chi connectivity index (χ2n) is 4.50. The third kappa shape index (κ3) is 3.96. The number of hydrogen-bond acceptors (Lipinski definition) is 4. The summed E-state index contributed by atoms with van der Waals surface area (Å²) >= 11 is 1.13. The molecule has 1 saturated heterocycles. The Morgan fingerprint density at radius 1 is 1.32 bits per heavy atom. The highest BCUT2D eigenvalue weighted by molar-refractivity contribution is 7.97. The van der Waals surface area contributed by atoms with Crippen LogP contribution in [-0.2, 0) is 4.79 Å². The van der Waals surface area contributed by atoms with E-state index in [9.17, 15) is 9.59 Å². The van der Waals surface area contributed by atoms with Crippen LogP contribution >= 0.6 is 11.9 Å². The number of carbonyl (C=O) groups is 2. The summed E-state index contributed by atoms with van der Waals surface area (Å²) in [6.07, 6.45) is 4.94. The quantitative estimate of drug-likeness (QED) is 0.858. The summed E-state index contributed by atoms with van der Waals surface area (Å²) in [6.45, 7) is 3.10. The molecule has 1 fully saturated rings. The molecule has 0 radical (unpaired) electrons. The van der Waals surface area contributed by atoms with E-state index in [0.717, 1.165) is 37.9 Å². The van der Waals surface area contributed by atoms with Gasteiger partial charge in [0.15, 0.2) is 0 Å². The molecule has 0 aromatic carbocycles. The molecule has 0 unspecified atom stereocenters. The molecule has 1 aromatic rings. The largest absolute Gasteiger partial charge is 0.339 e. The molecule has 102 valence electrons. The van der Waals surface area contributed by atoms with Crippen molar-refractivity contribution in [3.05, 3.63) is 23.9 Å². The fourth-order valence-electron chi connectivity index (χ4n) is 2.00. The van der Waals surface area contributed by atoms with E-state index < -0.39 is 0 Å². The Hall–Kier alpha value is -1.56. The predicted octanol–water partition coefficient (Wildman–Crippen LogP) is 1.85. The van der Waals surface area contributed by atoms with E-state index in [0.29, 0.717) is 10.6 Å². The van der Waals surface area contributed by atoms with Crippen LogP contribution in [-0.4, -0.2) is 34.8 Å². The number of nitrogens with zero attached hydrogens (tertiary/aromatic N) is 2. The Bertz CT molecular complexity index is 473. The van der Waals surface area contributed by atoms with Crippen molar-refractivity contribution in [2.24, 2.45) is 0 Å². The van der Waals surface area contributed by atoms with Gasteiger partial charge >= 0.3 is 0 Å². The molecule has 1 aliphatic rings. The van der Waals surface area contributed by atoms with Crippen LogP contribution in [0.15, 0.2) is 23.4 Å². The van der Waals surface area contributed by atoms with Crippen LogP contribution < -0.4 is 4.72 Å². The van der Waals surface area contributed by atoms with Crippen LogP contribution in [0.3, 0.4) is 0 Å². The number of piperidine rings is 1. The Balaban J connectivity index is 2.04. The molecule has 1 aromatic heterocycles. The van der Waals surface area contributed by atoms with Crippen molar-refractivity contribution >= 4 is 23.8 Å². The van der Waals surface area contributed by atoms with Crippen molar-refractivity contribution < 1.29 is 9.59 Å². The number of amides is 2. The maximum absolute atomic E-state index is 12.3. The average Bonchev–Trinajstić information content (AvgIpc) is 2.45. The first-order chi connectivity index (χ1) is 9.16. The fraction of sp³-hybridized carbons (Fsp3) is 0.462. The van der Waals surface area contributed by atoms with Gasteiger partial charge in [-0.1, -0.05) is 0 Å². The first-order valence-electron chi connectivity index (χ1n) is 6.35. The van der Waals surface area contributed by atoms with Gasteiger partial charge in [-0.3, -0.25) is 14.3 Å². The van der Waals surface area contributed by atoms with E-state index in [1.807, 2.05) is 4.90 Å². The van der Waals surface area contributed by atoms with E-state index in [-0.39, 0.29) is 11.8 Å². The van der Waals surface area contributed by atoms with Gasteiger partial charge in [0.05, 0.1) is 0 Å². The van der Waals surface area contributed by atoms with E-state index in [1.54, 1.807) is 18.3 Å². The third-order valence-corrected chi connectivity index (χ3v) is 3.75. The van der Waals surface area contributed by atoms with E-state index in [4.69, 9.17) is 0 Å². The van der Waals surface area contributed by atoms with Gasteiger partial charge in [0, 0.05) is 43.7 Å². The molecule has 2 rings (SSSR count). The predicted molar refractivity (Wildman–Crippen MR) is 73.7 cm³/mol. The van der Waals surface area contributed by atoms with Gasteiger partial charge in [0.1, 0.15) is 5.03 Å². The van der Waals surface area contributed by atoms with Crippen molar-refractivity contribution in [2.45, 2.75) is 31.2 Å². The van der Waals surface area contributed by atoms with Crippen molar-refractivity contribution in [3.8, 4) is 0 Å². The molecule has 0 spiro atoms. The van der Waals surface area contributed by atoms with Gasteiger partial charge in [0.2, 0.25) is 5.91 Å². The molecule has 2 heterocycles. The minimum atomic E-state index is -0.139. The monoisotopic (exact) mass is 279 g/mol. The third-order valence-electron chi connectivity index (χ3n) is 2.92. The summed E-state index contributed by atoms with van der Waals surface area (Å²) in [6, 6.07) is 3.44. The van der Waals surface area contributed by atoms with Gasteiger partial charge in [-0.25, -0.2) is 4.98 Å². The molecule has 6 heteroatoms. The molecule has 5 nitrogen and oxygen atoms in total. The van der Waals surface area contributed by atoms with Crippen LogP contribution in [0.4, 0.5) is 0 Å². The lowest BCUT2D eigenvalue weighted by Gasteiger charge is -2.26. The lowest BCUT2D eigenvalue weighted by atomic mass is 10.1. The molecular weight excluding hydrogens is 262 g/mol. The van der Waals surface area contributed by atoms with Gasteiger partial charge in [0.25, 0.3) is 5.91 Å². The van der Waals surface area contributed by atoms with Gasteiger partial charge in [-0.2, -0.15) is 0 Å². The summed E-state index contributed by atoms with van der Waals surface area (Å²) in [5.41, 5.74) is 0.629. The zero-order valence-corrected chi connectivity index (χ0v) is 11.7.